The number of nitrogens with one attached hydrogen (secondary N) is 2. The van der Waals surface area contributed by atoms with Gasteiger partial charge in [0.1, 0.15) is 0 Å². The number of carbonyl (C=O) groups is 2. The highest BCUT2D eigenvalue weighted by molar-refractivity contribution is 9.10. The molecule has 132 valence electrons. The average Bonchev–Trinajstić information content (AvgIpc) is 2.61. The molecule has 26 heavy (non-hydrogen) atoms. The fourth-order valence-electron chi connectivity index (χ4n) is 2.54. The van der Waals surface area contributed by atoms with Gasteiger partial charge in [-0.3, -0.25) is 9.59 Å². The number of pyridine rings is 1. The van der Waals surface area contributed by atoms with Gasteiger partial charge in [0.15, 0.2) is 6.61 Å². The normalized spacial score (nSPS) is 10.5. The molecular weight excluding hydrogens is 400 g/mol. The molecule has 1 heterocycles. The van der Waals surface area contributed by atoms with Gasteiger partial charge in [-0.25, -0.2) is 4.79 Å². The Bertz CT molecular complexity index is 1060. The first kappa shape index (κ1) is 17.9. The summed E-state index contributed by atoms with van der Waals surface area (Å²) in [7, 11) is 0. The van der Waals surface area contributed by atoms with Gasteiger partial charge in [0.2, 0.25) is 5.56 Å². The van der Waals surface area contributed by atoms with Crippen molar-refractivity contribution in [2.24, 2.45) is 0 Å². The highest BCUT2D eigenvalue weighted by Gasteiger charge is 2.15. The highest BCUT2D eigenvalue weighted by atomic mass is 79.9. The van der Waals surface area contributed by atoms with Crippen LogP contribution in [0.15, 0.2) is 57.8 Å². The Kier molecular flexibility index (Phi) is 5.18. The lowest BCUT2D eigenvalue weighted by Gasteiger charge is -2.10. The second-order valence-corrected chi connectivity index (χ2v) is 6.59. The van der Waals surface area contributed by atoms with Crippen LogP contribution in [0.3, 0.4) is 0 Å². The highest BCUT2D eigenvalue weighted by Crippen LogP contribution is 2.20. The first-order valence-electron chi connectivity index (χ1n) is 7.79. The van der Waals surface area contributed by atoms with Crippen LogP contribution in [-0.4, -0.2) is 23.5 Å². The van der Waals surface area contributed by atoms with Crippen LogP contribution in [0.25, 0.3) is 10.9 Å². The lowest BCUT2D eigenvalue weighted by atomic mass is 10.1. The number of benzene rings is 2. The van der Waals surface area contributed by atoms with E-state index in [4.69, 9.17) is 4.74 Å². The van der Waals surface area contributed by atoms with Gasteiger partial charge in [-0.1, -0.05) is 34.1 Å². The summed E-state index contributed by atoms with van der Waals surface area (Å²) in [5.74, 6) is -1.19. The Morgan fingerprint density at radius 2 is 1.92 bits per heavy atom. The van der Waals surface area contributed by atoms with E-state index in [1.54, 1.807) is 36.4 Å². The zero-order valence-electron chi connectivity index (χ0n) is 13.8. The number of esters is 1. The van der Waals surface area contributed by atoms with Crippen molar-refractivity contribution in [2.75, 3.05) is 11.9 Å². The van der Waals surface area contributed by atoms with Gasteiger partial charge < -0.3 is 15.0 Å². The quantitative estimate of drug-likeness (QED) is 0.640. The fraction of sp³-hybridized carbons (Fsp3) is 0.105. The van der Waals surface area contributed by atoms with Crippen molar-refractivity contribution in [2.45, 2.75) is 6.92 Å². The number of fused-ring (bicyclic) bond motifs is 1. The molecule has 1 aromatic heterocycles. The van der Waals surface area contributed by atoms with Gasteiger partial charge in [0, 0.05) is 27.1 Å². The lowest BCUT2D eigenvalue weighted by Crippen LogP contribution is -2.22. The molecule has 0 saturated carbocycles. The van der Waals surface area contributed by atoms with Gasteiger partial charge >= 0.3 is 5.97 Å². The Labute approximate surface area is 157 Å². The minimum absolute atomic E-state index is 0.122. The Balaban J connectivity index is 1.71. The van der Waals surface area contributed by atoms with E-state index in [1.807, 2.05) is 13.0 Å². The van der Waals surface area contributed by atoms with Crippen LogP contribution < -0.4 is 10.9 Å². The van der Waals surface area contributed by atoms with Crippen molar-refractivity contribution in [1.82, 2.24) is 4.98 Å². The summed E-state index contributed by atoms with van der Waals surface area (Å²) in [6, 6.07) is 13.5. The first-order chi connectivity index (χ1) is 12.4. The van der Waals surface area contributed by atoms with Crippen LogP contribution in [0.1, 0.15) is 15.9 Å². The molecule has 0 saturated heterocycles. The summed E-state index contributed by atoms with van der Waals surface area (Å²) in [6.45, 7) is 1.41. The van der Waals surface area contributed by atoms with E-state index in [0.29, 0.717) is 16.6 Å². The third kappa shape index (κ3) is 4.00. The molecule has 7 heteroatoms. The van der Waals surface area contributed by atoms with Gasteiger partial charge in [-0.05, 0) is 36.8 Å². The molecule has 0 aliphatic rings. The molecule has 0 unspecified atom stereocenters. The number of para-hydroxylation sites is 1. The second kappa shape index (κ2) is 7.53. The number of carbonyl (C=O) groups excluding carboxylic acids is 2. The Morgan fingerprint density at radius 3 is 2.69 bits per heavy atom. The number of hydrogen-bond acceptors (Lipinski definition) is 4. The molecule has 6 nitrogen and oxygen atoms in total. The van der Waals surface area contributed by atoms with Crippen LogP contribution in [-0.2, 0) is 9.53 Å². The summed E-state index contributed by atoms with van der Waals surface area (Å²) in [6.07, 6.45) is 0. The SMILES string of the molecule is Cc1cc(Br)ccc1NC(=O)COC(=O)c1cc(=O)[nH]c2ccccc12. The van der Waals surface area contributed by atoms with Crippen LogP contribution >= 0.6 is 15.9 Å². The number of aromatic nitrogens is 1. The average molecular weight is 415 g/mol. The Morgan fingerprint density at radius 1 is 1.15 bits per heavy atom. The van der Waals surface area contributed by atoms with Crippen molar-refractivity contribution in [3.05, 3.63) is 74.5 Å². The van der Waals surface area contributed by atoms with Crippen LogP contribution in [0.5, 0.6) is 0 Å². The summed E-state index contributed by atoms with van der Waals surface area (Å²) < 4.78 is 5.98. The van der Waals surface area contributed by atoms with Crippen LogP contribution in [0.2, 0.25) is 0 Å². The predicted molar refractivity (Wildman–Crippen MR) is 102 cm³/mol. The number of H-pyrrole nitrogens is 1. The molecule has 3 aromatic rings. The van der Waals surface area contributed by atoms with Gasteiger partial charge in [-0.15, -0.1) is 0 Å². The maximum atomic E-state index is 12.3. The number of aromatic amines is 1. The van der Waals surface area contributed by atoms with Crippen molar-refractivity contribution < 1.29 is 14.3 Å². The van der Waals surface area contributed by atoms with E-state index in [1.165, 1.54) is 6.07 Å². The third-order valence-electron chi connectivity index (χ3n) is 3.77. The zero-order valence-corrected chi connectivity index (χ0v) is 15.4. The largest absolute Gasteiger partial charge is 0.452 e. The van der Waals surface area contributed by atoms with E-state index in [2.05, 4.69) is 26.2 Å². The lowest BCUT2D eigenvalue weighted by molar-refractivity contribution is -0.119. The number of rotatable bonds is 4. The number of anilines is 1. The minimum atomic E-state index is -0.727. The van der Waals surface area contributed by atoms with E-state index in [-0.39, 0.29) is 5.56 Å². The number of aryl methyl sites for hydroxylation is 1. The molecule has 0 radical (unpaired) electrons. The Hall–Kier alpha value is -2.93. The molecule has 1 amide bonds. The molecule has 0 spiro atoms. The third-order valence-corrected chi connectivity index (χ3v) is 4.26. The van der Waals surface area contributed by atoms with E-state index >= 15 is 0 Å². The second-order valence-electron chi connectivity index (χ2n) is 5.68. The molecule has 0 atom stereocenters. The standard InChI is InChI=1S/C19H15BrN2O4/c1-11-8-12(20)6-7-15(11)21-18(24)10-26-19(25)14-9-17(23)22-16-5-3-2-4-13(14)16/h2-9H,10H2,1H3,(H,21,24)(H,22,23). The van der Waals surface area contributed by atoms with E-state index in [9.17, 15) is 14.4 Å². The topological polar surface area (TPSA) is 88.3 Å². The van der Waals surface area contributed by atoms with Gasteiger partial charge in [0.05, 0.1) is 5.56 Å². The first-order valence-corrected chi connectivity index (χ1v) is 8.58. The number of halogens is 1. The fourth-order valence-corrected chi connectivity index (χ4v) is 3.01. The molecule has 2 aromatic carbocycles. The van der Waals surface area contributed by atoms with Crippen molar-refractivity contribution in [3.63, 3.8) is 0 Å². The molecule has 0 aliphatic heterocycles. The molecule has 0 bridgehead atoms. The molecular formula is C19H15BrN2O4. The van der Waals surface area contributed by atoms with Gasteiger partial charge in [-0.2, -0.15) is 0 Å². The van der Waals surface area contributed by atoms with Crippen LogP contribution in [0, 0.1) is 6.92 Å². The maximum absolute atomic E-state index is 12.3. The van der Waals surface area contributed by atoms with E-state index < -0.39 is 24.0 Å². The molecule has 0 fully saturated rings. The molecule has 2 N–H and O–H groups in total. The van der Waals surface area contributed by atoms with Crippen molar-refractivity contribution in [3.8, 4) is 0 Å². The minimum Gasteiger partial charge on any atom is -0.452 e. The number of ether oxygens (including phenoxy) is 1. The maximum Gasteiger partial charge on any atom is 0.339 e. The summed E-state index contributed by atoms with van der Waals surface area (Å²) in [5, 5.41) is 3.24. The molecule has 3 rings (SSSR count). The summed E-state index contributed by atoms with van der Waals surface area (Å²) >= 11 is 3.35. The predicted octanol–water partition coefficient (Wildman–Crippen LogP) is 3.39. The molecule has 0 aliphatic carbocycles. The summed E-state index contributed by atoms with van der Waals surface area (Å²) in [5.41, 5.74) is 1.75. The summed E-state index contributed by atoms with van der Waals surface area (Å²) in [4.78, 5) is 38.7. The zero-order chi connectivity index (χ0) is 18.7. The van der Waals surface area contributed by atoms with Crippen molar-refractivity contribution >= 4 is 44.4 Å². The number of hydrogen-bond donors (Lipinski definition) is 2. The number of amides is 1. The van der Waals surface area contributed by atoms with Crippen molar-refractivity contribution in [1.29, 1.82) is 0 Å². The van der Waals surface area contributed by atoms with Crippen LogP contribution in [0.4, 0.5) is 5.69 Å². The van der Waals surface area contributed by atoms with Gasteiger partial charge in [0.25, 0.3) is 5.91 Å². The monoisotopic (exact) mass is 414 g/mol. The smallest absolute Gasteiger partial charge is 0.339 e. The van der Waals surface area contributed by atoms with E-state index in [0.717, 1.165) is 10.0 Å².